The van der Waals surface area contributed by atoms with Gasteiger partial charge in [0.15, 0.2) is 0 Å². The lowest BCUT2D eigenvalue weighted by Crippen LogP contribution is -2.41. The number of hydrogen-bond acceptors (Lipinski definition) is 5. The van der Waals surface area contributed by atoms with E-state index in [0.29, 0.717) is 46.7 Å². The normalized spacial score (nSPS) is 20.5. The number of amides is 1. The van der Waals surface area contributed by atoms with Crippen LogP contribution in [0.3, 0.4) is 0 Å². The molecule has 3 aromatic rings. The first-order chi connectivity index (χ1) is 15.4. The molecule has 166 valence electrons. The Labute approximate surface area is 203 Å². The highest BCUT2D eigenvalue weighted by Gasteiger charge is 2.38. The van der Waals surface area contributed by atoms with Crippen LogP contribution in [0.5, 0.6) is 0 Å². The molecule has 5 rings (SSSR count). The predicted octanol–water partition coefficient (Wildman–Crippen LogP) is 5.24. The van der Waals surface area contributed by atoms with Gasteiger partial charge in [0.1, 0.15) is 12.4 Å². The molecule has 0 spiro atoms. The molecule has 2 aromatic carbocycles. The molecule has 0 aliphatic carbocycles. The first-order valence-corrected chi connectivity index (χ1v) is 12.5. The first-order valence-electron chi connectivity index (χ1n) is 10.4. The van der Waals surface area contributed by atoms with Crippen molar-refractivity contribution >= 4 is 56.3 Å². The van der Waals surface area contributed by atoms with Crippen LogP contribution >= 0.6 is 39.3 Å². The molecule has 2 saturated heterocycles. The van der Waals surface area contributed by atoms with E-state index in [4.69, 9.17) is 16.3 Å². The highest BCUT2D eigenvalue weighted by atomic mass is 79.9. The van der Waals surface area contributed by atoms with Gasteiger partial charge in [0.05, 0.1) is 23.5 Å². The summed E-state index contributed by atoms with van der Waals surface area (Å²) >= 11 is 11.4. The van der Waals surface area contributed by atoms with Gasteiger partial charge in [-0.05, 0) is 65.5 Å². The summed E-state index contributed by atoms with van der Waals surface area (Å²) in [6.07, 6.45) is 1.58. The lowest BCUT2D eigenvalue weighted by molar-refractivity contribution is 0.154. The van der Waals surface area contributed by atoms with Crippen molar-refractivity contribution in [3.8, 4) is 0 Å². The molecule has 0 saturated carbocycles. The summed E-state index contributed by atoms with van der Waals surface area (Å²) in [6.45, 7) is 3.47. The number of cyclic esters (lactones) is 1. The highest BCUT2D eigenvalue weighted by molar-refractivity contribution is 9.10. The van der Waals surface area contributed by atoms with Crippen LogP contribution in [0.1, 0.15) is 24.2 Å². The number of hydrogen-bond donors (Lipinski definition) is 0. The van der Waals surface area contributed by atoms with Crippen molar-refractivity contribution in [1.82, 2.24) is 14.5 Å². The van der Waals surface area contributed by atoms with E-state index >= 15 is 0 Å². The van der Waals surface area contributed by atoms with Crippen molar-refractivity contribution in [2.75, 3.05) is 13.2 Å². The minimum absolute atomic E-state index is 0.0543. The van der Waals surface area contributed by atoms with E-state index in [1.807, 2.05) is 48.2 Å². The van der Waals surface area contributed by atoms with E-state index in [-0.39, 0.29) is 17.7 Å². The van der Waals surface area contributed by atoms with E-state index in [0.717, 1.165) is 27.8 Å². The maximum atomic E-state index is 13.4. The van der Waals surface area contributed by atoms with Gasteiger partial charge in [0.25, 0.3) is 5.56 Å². The molecule has 1 amide bonds. The van der Waals surface area contributed by atoms with Gasteiger partial charge >= 0.3 is 6.09 Å². The van der Waals surface area contributed by atoms with Crippen LogP contribution in [0.4, 0.5) is 4.79 Å². The van der Waals surface area contributed by atoms with E-state index in [9.17, 15) is 9.59 Å². The summed E-state index contributed by atoms with van der Waals surface area (Å²) in [6, 6.07) is 11.5. The summed E-state index contributed by atoms with van der Waals surface area (Å²) < 4.78 is 7.81. The maximum Gasteiger partial charge on any atom is 0.410 e. The Morgan fingerprint density at radius 3 is 2.81 bits per heavy atom. The Hall–Kier alpha value is -2.03. The summed E-state index contributed by atoms with van der Waals surface area (Å²) in [7, 11) is 0. The van der Waals surface area contributed by atoms with E-state index < -0.39 is 0 Å². The number of thioether (sulfide) groups is 1. The molecule has 32 heavy (non-hydrogen) atoms. The zero-order chi connectivity index (χ0) is 22.4. The fourth-order valence-corrected chi connectivity index (χ4v) is 6.33. The van der Waals surface area contributed by atoms with Crippen molar-refractivity contribution in [2.45, 2.75) is 42.5 Å². The third kappa shape index (κ3) is 4.16. The van der Waals surface area contributed by atoms with Gasteiger partial charge in [-0.3, -0.25) is 9.36 Å². The standard InChI is InChI=1S/C23H21BrClN3O3S/c1-13-26-20-10-19(24)21(32-17-6-7-27-16(8-17)12-31-23(27)30)9-18(20)22(29)28(13)11-14-2-4-15(25)5-3-14/h2-5,9-10,16-17H,6-8,11-12H2,1H3/t16-,17-/m0/s1. The molecule has 0 N–H and O–H groups in total. The van der Waals surface area contributed by atoms with Crippen LogP contribution in [0.2, 0.25) is 5.02 Å². The summed E-state index contributed by atoms with van der Waals surface area (Å²) in [5, 5.41) is 1.63. The zero-order valence-corrected chi connectivity index (χ0v) is 20.5. The number of fused-ring (bicyclic) bond motifs is 2. The Balaban J connectivity index is 1.44. The molecule has 0 radical (unpaired) electrons. The molecule has 3 heterocycles. The number of carbonyl (C=O) groups excluding carboxylic acids is 1. The smallest absolute Gasteiger partial charge is 0.410 e. The lowest BCUT2D eigenvalue weighted by atomic mass is 10.0. The van der Waals surface area contributed by atoms with Crippen molar-refractivity contribution in [2.24, 2.45) is 0 Å². The molecule has 2 aliphatic heterocycles. The molecule has 9 heteroatoms. The largest absolute Gasteiger partial charge is 0.447 e. The van der Waals surface area contributed by atoms with Crippen LogP contribution in [0.25, 0.3) is 10.9 Å². The number of halogens is 2. The maximum absolute atomic E-state index is 13.4. The van der Waals surface area contributed by atoms with Crippen molar-refractivity contribution in [1.29, 1.82) is 0 Å². The van der Waals surface area contributed by atoms with Gasteiger partial charge < -0.3 is 9.64 Å². The zero-order valence-electron chi connectivity index (χ0n) is 17.4. The molecule has 0 bridgehead atoms. The molecular weight excluding hydrogens is 514 g/mol. The number of benzene rings is 2. The summed E-state index contributed by atoms with van der Waals surface area (Å²) in [5.74, 6) is 0.669. The van der Waals surface area contributed by atoms with Crippen LogP contribution in [0, 0.1) is 6.92 Å². The number of ether oxygens (including phenoxy) is 1. The average molecular weight is 535 g/mol. The van der Waals surface area contributed by atoms with Crippen LogP contribution in [-0.4, -0.2) is 45.0 Å². The number of aromatic nitrogens is 2. The van der Waals surface area contributed by atoms with Crippen LogP contribution in [-0.2, 0) is 11.3 Å². The Morgan fingerprint density at radius 1 is 1.25 bits per heavy atom. The Kier molecular flexibility index (Phi) is 5.94. The second-order valence-corrected chi connectivity index (χ2v) is 10.8. The van der Waals surface area contributed by atoms with Crippen LogP contribution in [0.15, 0.2) is 50.6 Å². The van der Waals surface area contributed by atoms with E-state index in [1.165, 1.54) is 0 Å². The Bertz CT molecular complexity index is 1260. The Morgan fingerprint density at radius 2 is 2.03 bits per heavy atom. The topological polar surface area (TPSA) is 64.4 Å². The van der Waals surface area contributed by atoms with Gasteiger partial charge in [-0.15, -0.1) is 11.8 Å². The first kappa shape index (κ1) is 21.8. The van der Waals surface area contributed by atoms with Crippen molar-refractivity contribution in [3.05, 3.63) is 67.6 Å². The number of rotatable bonds is 4. The molecular formula is C23H21BrClN3O3S. The second-order valence-electron chi connectivity index (χ2n) is 8.16. The third-order valence-electron chi connectivity index (χ3n) is 6.05. The second kappa shape index (κ2) is 8.72. The van der Waals surface area contributed by atoms with E-state index in [2.05, 4.69) is 20.9 Å². The van der Waals surface area contributed by atoms with Gasteiger partial charge in [0, 0.05) is 26.2 Å². The molecule has 2 aliphatic rings. The lowest BCUT2D eigenvalue weighted by Gasteiger charge is -2.32. The molecule has 6 nitrogen and oxygen atoms in total. The molecule has 2 fully saturated rings. The minimum Gasteiger partial charge on any atom is -0.447 e. The van der Waals surface area contributed by atoms with Gasteiger partial charge in [-0.1, -0.05) is 23.7 Å². The third-order valence-corrected chi connectivity index (χ3v) is 8.57. The SMILES string of the molecule is Cc1nc2cc(Br)c(S[C@H]3CCN4C(=O)OC[C@@H]4C3)cc2c(=O)n1Cc1ccc(Cl)cc1. The molecule has 2 atom stereocenters. The summed E-state index contributed by atoms with van der Waals surface area (Å²) in [4.78, 5) is 32.7. The monoisotopic (exact) mass is 533 g/mol. The van der Waals surface area contributed by atoms with E-state index in [1.54, 1.807) is 16.3 Å². The quantitative estimate of drug-likeness (QED) is 0.458. The number of carbonyl (C=O) groups is 1. The fourth-order valence-electron chi connectivity index (χ4n) is 4.33. The number of aryl methyl sites for hydroxylation is 1. The number of piperidine rings is 1. The molecule has 1 aromatic heterocycles. The van der Waals surface area contributed by atoms with Crippen LogP contribution < -0.4 is 5.56 Å². The highest BCUT2D eigenvalue weighted by Crippen LogP contribution is 2.39. The number of nitrogens with zero attached hydrogens (tertiary/aromatic N) is 3. The fraction of sp³-hybridized carbons (Fsp3) is 0.348. The molecule has 0 unspecified atom stereocenters. The minimum atomic E-state index is -0.201. The van der Waals surface area contributed by atoms with Crippen molar-refractivity contribution in [3.63, 3.8) is 0 Å². The summed E-state index contributed by atoms with van der Waals surface area (Å²) in [5.41, 5.74) is 1.62. The van der Waals surface area contributed by atoms with Gasteiger partial charge in [-0.25, -0.2) is 9.78 Å². The van der Waals surface area contributed by atoms with Gasteiger partial charge in [-0.2, -0.15) is 0 Å². The predicted molar refractivity (Wildman–Crippen MR) is 130 cm³/mol. The average Bonchev–Trinajstić information content (AvgIpc) is 3.14. The van der Waals surface area contributed by atoms with Crippen molar-refractivity contribution < 1.29 is 9.53 Å². The van der Waals surface area contributed by atoms with Gasteiger partial charge in [0.2, 0.25) is 0 Å².